The SMILES string of the molecule is Cn1c(=O)n(CCC(=O)N2CCCC(CCC(=O)O)C2)c2ccccc21. The number of carboxylic acids is 1. The van der Waals surface area contributed by atoms with Crippen LogP contribution >= 0.6 is 0 Å². The molecular weight excluding hydrogens is 334 g/mol. The van der Waals surface area contributed by atoms with Gasteiger partial charge in [0.15, 0.2) is 0 Å². The molecule has 0 aliphatic carbocycles. The van der Waals surface area contributed by atoms with Crippen molar-refractivity contribution in [3.8, 4) is 0 Å². The maximum atomic E-state index is 12.6. The molecule has 1 aromatic heterocycles. The number of aryl methyl sites for hydroxylation is 2. The fourth-order valence-corrected chi connectivity index (χ4v) is 3.80. The number of imidazole rings is 1. The van der Waals surface area contributed by atoms with Crippen molar-refractivity contribution in [1.29, 1.82) is 0 Å². The largest absolute Gasteiger partial charge is 0.481 e. The van der Waals surface area contributed by atoms with Gasteiger partial charge in [0.25, 0.3) is 0 Å². The molecule has 7 nitrogen and oxygen atoms in total. The zero-order valence-corrected chi connectivity index (χ0v) is 15.1. The molecule has 1 saturated heterocycles. The summed E-state index contributed by atoms with van der Waals surface area (Å²) in [6.45, 7) is 1.69. The van der Waals surface area contributed by atoms with Gasteiger partial charge >= 0.3 is 11.7 Å². The summed E-state index contributed by atoms with van der Waals surface area (Å²) < 4.78 is 3.25. The Hall–Kier alpha value is -2.57. The van der Waals surface area contributed by atoms with Crippen molar-refractivity contribution in [3.05, 3.63) is 34.7 Å². The maximum Gasteiger partial charge on any atom is 0.328 e. The second kappa shape index (κ2) is 7.76. The van der Waals surface area contributed by atoms with Crippen LogP contribution in [-0.2, 0) is 23.2 Å². The molecule has 1 aliphatic rings. The van der Waals surface area contributed by atoms with E-state index < -0.39 is 5.97 Å². The highest BCUT2D eigenvalue weighted by Gasteiger charge is 2.24. The summed E-state index contributed by atoms with van der Waals surface area (Å²) in [5, 5.41) is 8.83. The number of aromatic nitrogens is 2. The van der Waals surface area contributed by atoms with E-state index in [9.17, 15) is 14.4 Å². The lowest BCUT2D eigenvalue weighted by Crippen LogP contribution is -2.40. The van der Waals surface area contributed by atoms with Gasteiger partial charge in [0, 0.05) is 39.5 Å². The number of carboxylic acid groups (broad SMARTS) is 1. The molecule has 1 aromatic carbocycles. The quantitative estimate of drug-likeness (QED) is 0.853. The minimum absolute atomic E-state index is 0.0323. The highest BCUT2D eigenvalue weighted by atomic mass is 16.4. The van der Waals surface area contributed by atoms with E-state index in [1.54, 1.807) is 16.2 Å². The molecule has 2 heterocycles. The van der Waals surface area contributed by atoms with Gasteiger partial charge in [-0.3, -0.25) is 18.7 Å². The van der Waals surface area contributed by atoms with Crippen LogP contribution in [0, 0.1) is 5.92 Å². The predicted molar refractivity (Wildman–Crippen MR) is 98.0 cm³/mol. The lowest BCUT2D eigenvalue weighted by atomic mass is 9.93. The summed E-state index contributed by atoms with van der Waals surface area (Å²) in [5.74, 6) is -0.502. The molecule has 3 rings (SSSR count). The number of hydrogen-bond acceptors (Lipinski definition) is 3. The van der Waals surface area contributed by atoms with Crippen molar-refractivity contribution in [1.82, 2.24) is 14.0 Å². The Labute approximate surface area is 151 Å². The fraction of sp³-hybridized carbons (Fsp3) is 0.526. The number of fused-ring (bicyclic) bond motifs is 1. The van der Waals surface area contributed by atoms with Gasteiger partial charge in [0.05, 0.1) is 11.0 Å². The number of rotatable bonds is 6. The van der Waals surface area contributed by atoms with Gasteiger partial charge in [0.1, 0.15) is 0 Å². The Balaban J connectivity index is 1.63. The van der Waals surface area contributed by atoms with E-state index in [2.05, 4.69) is 0 Å². The Morgan fingerprint density at radius 2 is 1.92 bits per heavy atom. The van der Waals surface area contributed by atoms with Gasteiger partial charge in [-0.1, -0.05) is 12.1 Å². The first-order valence-electron chi connectivity index (χ1n) is 9.11. The van der Waals surface area contributed by atoms with E-state index in [4.69, 9.17) is 5.11 Å². The number of hydrogen-bond donors (Lipinski definition) is 1. The van der Waals surface area contributed by atoms with Crippen molar-refractivity contribution >= 4 is 22.9 Å². The fourth-order valence-electron chi connectivity index (χ4n) is 3.80. The normalized spacial score (nSPS) is 17.6. The lowest BCUT2D eigenvalue weighted by molar-refractivity contribution is -0.137. The van der Waals surface area contributed by atoms with E-state index >= 15 is 0 Å². The molecule has 7 heteroatoms. The highest BCUT2D eigenvalue weighted by molar-refractivity contribution is 5.78. The van der Waals surface area contributed by atoms with E-state index in [0.717, 1.165) is 23.9 Å². The summed E-state index contributed by atoms with van der Waals surface area (Å²) in [7, 11) is 1.74. The first kappa shape index (κ1) is 18.2. The summed E-state index contributed by atoms with van der Waals surface area (Å²) in [6.07, 6.45) is 2.92. The van der Waals surface area contributed by atoms with Crippen LogP contribution in [0.25, 0.3) is 11.0 Å². The van der Waals surface area contributed by atoms with Crippen LogP contribution in [0.2, 0.25) is 0 Å². The Morgan fingerprint density at radius 3 is 2.65 bits per heavy atom. The molecule has 0 radical (unpaired) electrons. The number of benzene rings is 1. The first-order chi connectivity index (χ1) is 12.5. The number of carbonyl (C=O) groups is 2. The molecule has 1 N–H and O–H groups in total. The summed E-state index contributed by atoms with van der Waals surface area (Å²) in [6, 6.07) is 7.57. The van der Waals surface area contributed by atoms with Crippen LogP contribution in [0.3, 0.4) is 0 Å². The lowest BCUT2D eigenvalue weighted by Gasteiger charge is -2.32. The Bertz CT molecular complexity index is 867. The van der Waals surface area contributed by atoms with Crippen LogP contribution in [0.5, 0.6) is 0 Å². The predicted octanol–water partition coefficient (Wildman–Crippen LogP) is 1.83. The van der Waals surface area contributed by atoms with Gasteiger partial charge in [-0.2, -0.15) is 0 Å². The molecule has 1 fully saturated rings. The average molecular weight is 359 g/mol. The molecule has 0 spiro atoms. The van der Waals surface area contributed by atoms with E-state index in [1.165, 1.54) is 0 Å². The molecule has 1 aliphatic heterocycles. The number of piperidine rings is 1. The third kappa shape index (κ3) is 3.81. The molecule has 2 aromatic rings. The van der Waals surface area contributed by atoms with E-state index in [1.807, 2.05) is 29.2 Å². The smallest absolute Gasteiger partial charge is 0.328 e. The zero-order valence-electron chi connectivity index (χ0n) is 15.1. The summed E-state index contributed by atoms with van der Waals surface area (Å²) >= 11 is 0. The minimum atomic E-state index is -0.788. The number of para-hydroxylation sites is 2. The molecule has 0 saturated carbocycles. The first-order valence-corrected chi connectivity index (χ1v) is 9.11. The molecule has 1 unspecified atom stereocenters. The van der Waals surface area contributed by atoms with E-state index in [-0.39, 0.29) is 30.4 Å². The van der Waals surface area contributed by atoms with Crippen LogP contribution in [0.4, 0.5) is 0 Å². The average Bonchev–Trinajstić information content (AvgIpc) is 2.89. The van der Waals surface area contributed by atoms with Crippen molar-refractivity contribution in [3.63, 3.8) is 0 Å². The molecule has 26 heavy (non-hydrogen) atoms. The maximum absolute atomic E-state index is 12.6. The third-order valence-electron chi connectivity index (χ3n) is 5.24. The van der Waals surface area contributed by atoms with Crippen molar-refractivity contribution in [2.24, 2.45) is 13.0 Å². The topological polar surface area (TPSA) is 84.5 Å². The van der Waals surface area contributed by atoms with Crippen molar-refractivity contribution < 1.29 is 14.7 Å². The molecule has 1 amide bonds. The monoisotopic (exact) mass is 359 g/mol. The second-order valence-electron chi connectivity index (χ2n) is 7.01. The standard InChI is InChI=1S/C19H25N3O4/c1-20-15-6-2-3-7-16(15)22(19(20)26)12-10-17(23)21-11-4-5-14(13-21)8-9-18(24)25/h2-3,6-7,14H,4-5,8-13H2,1H3,(H,24,25). The van der Waals surface area contributed by atoms with Gasteiger partial charge in [-0.15, -0.1) is 0 Å². The number of nitrogens with zero attached hydrogens (tertiary/aromatic N) is 3. The van der Waals surface area contributed by atoms with Crippen LogP contribution < -0.4 is 5.69 Å². The van der Waals surface area contributed by atoms with Crippen molar-refractivity contribution in [2.75, 3.05) is 13.1 Å². The summed E-state index contributed by atoms with van der Waals surface area (Å²) in [4.78, 5) is 37.6. The van der Waals surface area contributed by atoms with Crippen molar-refractivity contribution in [2.45, 2.75) is 38.6 Å². The molecular formula is C19H25N3O4. The molecule has 0 bridgehead atoms. The van der Waals surface area contributed by atoms with E-state index in [0.29, 0.717) is 26.1 Å². The number of likely N-dealkylation sites (tertiary alicyclic amines) is 1. The Morgan fingerprint density at radius 1 is 1.19 bits per heavy atom. The molecule has 140 valence electrons. The van der Waals surface area contributed by atoms with Gasteiger partial charge in [-0.05, 0) is 37.3 Å². The summed E-state index contributed by atoms with van der Waals surface area (Å²) in [5.41, 5.74) is 1.58. The number of aliphatic carboxylic acids is 1. The number of carbonyl (C=O) groups excluding carboxylic acids is 1. The highest BCUT2D eigenvalue weighted by Crippen LogP contribution is 2.22. The Kier molecular flexibility index (Phi) is 5.44. The van der Waals surface area contributed by atoms with Crippen LogP contribution in [0.15, 0.2) is 29.1 Å². The second-order valence-corrected chi connectivity index (χ2v) is 7.01. The van der Waals surface area contributed by atoms with Crippen LogP contribution in [0.1, 0.15) is 32.1 Å². The molecule has 1 atom stereocenters. The van der Waals surface area contributed by atoms with Gasteiger partial charge in [-0.25, -0.2) is 4.79 Å². The zero-order chi connectivity index (χ0) is 18.7. The van der Waals surface area contributed by atoms with Crippen LogP contribution in [-0.4, -0.2) is 44.1 Å². The van der Waals surface area contributed by atoms with Gasteiger partial charge < -0.3 is 10.0 Å². The third-order valence-corrected chi connectivity index (χ3v) is 5.24. The number of amides is 1. The minimum Gasteiger partial charge on any atom is -0.481 e. The van der Waals surface area contributed by atoms with Gasteiger partial charge in [0.2, 0.25) is 5.91 Å².